The Kier molecular flexibility index (Phi) is 13.9. The second kappa shape index (κ2) is 16.5. The Morgan fingerprint density at radius 2 is 1.21 bits per heavy atom. The molecule has 0 saturated carbocycles. The van der Waals surface area contributed by atoms with Crippen LogP contribution >= 0.6 is 0 Å². The molecule has 38 heavy (non-hydrogen) atoms. The first-order valence-electron chi connectivity index (χ1n) is 11.3. The molecule has 1 aromatic carbocycles. The first-order valence-corrected chi connectivity index (χ1v) is 11.3. The van der Waals surface area contributed by atoms with Crippen molar-refractivity contribution in [2.24, 2.45) is 0 Å². The summed E-state index contributed by atoms with van der Waals surface area (Å²) in [7, 11) is 0. The first-order chi connectivity index (χ1) is 17.9. The maximum Gasteiger partial charge on any atom is 0.317 e. The van der Waals surface area contributed by atoms with Gasteiger partial charge >= 0.3 is 29.8 Å². The van der Waals surface area contributed by atoms with E-state index in [0.29, 0.717) is 11.3 Å². The third kappa shape index (κ3) is 13.8. The maximum atomic E-state index is 11.7. The molecule has 5 N–H and O–H groups in total. The molecule has 0 amide bonds. The summed E-state index contributed by atoms with van der Waals surface area (Å²) >= 11 is 0. The van der Waals surface area contributed by atoms with Crippen molar-refractivity contribution in [3.05, 3.63) is 29.8 Å². The molecule has 208 valence electrons. The van der Waals surface area contributed by atoms with Gasteiger partial charge in [0, 0.05) is 25.7 Å². The molecule has 0 saturated heterocycles. The molecule has 1 unspecified atom stereocenters. The summed E-state index contributed by atoms with van der Waals surface area (Å²) in [5.41, 5.74) is 0.692. The van der Waals surface area contributed by atoms with E-state index in [9.17, 15) is 39.3 Å². The summed E-state index contributed by atoms with van der Waals surface area (Å²) < 4.78 is 5.33. The molecule has 1 atom stereocenters. The Hall–Kier alpha value is -4.19. The third-order valence-corrected chi connectivity index (χ3v) is 5.18. The van der Waals surface area contributed by atoms with E-state index in [1.807, 2.05) is 0 Å². The number of aliphatic carboxylic acids is 5. The Balaban J connectivity index is 3.28. The van der Waals surface area contributed by atoms with E-state index in [1.165, 1.54) is 4.90 Å². The van der Waals surface area contributed by atoms with Crippen molar-refractivity contribution < 1.29 is 54.2 Å². The van der Waals surface area contributed by atoms with Crippen molar-refractivity contribution in [3.8, 4) is 18.1 Å². The summed E-state index contributed by atoms with van der Waals surface area (Å²) in [4.78, 5) is 60.3. The van der Waals surface area contributed by atoms with Crippen LogP contribution in [0.15, 0.2) is 24.3 Å². The largest absolute Gasteiger partial charge is 0.481 e. The number of rotatable bonds is 20. The predicted molar refractivity (Wildman–Crippen MR) is 131 cm³/mol. The van der Waals surface area contributed by atoms with Gasteiger partial charge in [-0.15, -0.1) is 6.42 Å². The quantitative estimate of drug-likeness (QED) is 0.126. The zero-order chi connectivity index (χ0) is 28.7. The van der Waals surface area contributed by atoms with Crippen molar-refractivity contribution in [1.82, 2.24) is 14.7 Å². The van der Waals surface area contributed by atoms with Gasteiger partial charge in [0.15, 0.2) is 0 Å². The Morgan fingerprint density at radius 1 is 0.737 bits per heavy atom. The lowest BCUT2D eigenvalue weighted by Crippen LogP contribution is -2.51. The van der Waals surface area contributed by atoms with Gasteiger partial charge in [0.05, 0.1) is 32.7 Å². The van der Waals surface area contributed by atoms with Crippen LogP contribution in [0, 0.1) is 12.3 Å². The first kappa shape index (κ1) is 31.8. The molecule has 0 spiro atoms. The normalized spacial score (nSPS) is 11.7. The average molecular weight is 538 g/mol. The Bertz CT molecular complexity index is 975. The van der Waals surface area contributed by atoms with Gasteiger partial charge in [-0.3, -0.25) is 38.7 Å². The third-order valence-electron chi connectivity index (χ3n) is 5.18. The summed E-state index contributed by atoms with van der Waals surface area (Å²) in [6.45, 7) is -3.29. The molecule has 0 radical (unpaired) electrons. The molecular formula is C24H31N3O11. The molecule has 0 bridgehead atoms. The fourth-order valence-corrected chi connectivity index (χ4v) is 3.72. The lowest BCUT2D eigenvalue weighted by molar-refractivity contribution is -0.143. The van der Waals surface area contributed by atoms with Crippen molar-refractivity contribution in [2.75, 3.05) is 59.0 Å². The van der Waals surface area contributed by atoms with E-state index < -0.39 is 68.6 Å². The fraction of sp³-hybridized carbons (Fsp3) is 0.458. The van der Waals surface area contributed by atoms with Gasteiger partial charge in [0.25, 0.3) is 0 Å². The number of nitrogens with zero attached hydrogens (tertiary/aromatic N) is 3. The average Bonchev–Trinajstić information content (AvgIpc) is 2.79. The molecule has 14 heteroatoms. The molecule has 14 nitrogen and oxygen atoms in total. The minimum Gasteiger partial charge on any atom is -0.481 e. The highest BCUT2D eigenvalue weighted by Gasteiger charge is 2.27. The molecule has 0 aromatic heterocycles. The molecule has 1 rings (SSSR count). The van der Waals surface area contributed by atoms with E-state index in [2.05, 4.69) is 5.92 Å². The summed E-state index contributed by atoms with van der Waals surface area (Å²) in [6.07, 6.45) is 5.34. The van der Waals surface area contributed by atoms with Crippen LogP contribution in [0.1, 0.15) is 5.56 Å². The van der Waals surface area contributed by atoms with Crippen LogP contribution in [0.3, 0.4) is 0 Å². The van der Waals surface area contributed by atoms with Crippen molar-refractivity contribution in [2.45, 2.75) is 12.5 Å². The molecule has 0 aliphatic rings. The summed E-state index contributed by atoms with van der Waals surface area (Å²) in [6, 6.07) is 5.92. The molecule has 0 heterocycles. The minimum absolute atomic E-state index is 0.0525. The SMILES string of the molecule is C#CCOc1ccc(CC(CN(CC(=O)O)CC(=O)O)N(CCN(CC(=O)O)CC(=O)O)CC(=O)O)cc1. The number of hydrogen-bond acceptors (Lipinski definition) is 9. The van der Waals surface area contributed by atoms with Gasteiger partial charge in [0.1, 0.15) is 12.4 Å². The van der Waals surface area contributed by atoms with Gasteiger partial charge in [-0.25, -0.2) is 0 Å². The topological polar surface area (TPSA) is 205 Å². The van der Waals surface area contributed by atoms with Gasteiger partial charge in [-0.1, -0.05) is 18.1 Å². The van der Waals surface area contributed by atoms with Crippen LogP contribution in [-0.2, 0) is 30.4 Å². The number of carboxylic acid groups (broad SMARTS) is 5. The van der Waals surface area contributed by atoms with Crippen LogP contribution in [0.2, 0.25) is 0 Å². The summed E-state index contributed by atoms with van der Waals surface area (Å²) in [5, 5.41) is 46.2. The van der Waals surface area contributed by atoms with E-state index in [0.717, 1.165) is 9.80 Å². The molecule has 0 fully saturated rings. The Labute approximate surface area is 218 Å². The summed E-state index contributed by atoms with van der Waals surface area (Å²) in [5.74, 6) is -3.51. The standard InChI is InChI=1S/C24H31N3O11/c1-2-9-38-19-5-3-17(4-6-19)10-18(11-26(14-22(32)33)15-23(34)35)27(16-24(36)37)8-7-25(12-20(28)29)13-21(30)31/h1,3-6,18H,7-16H2,(H,28,29)(H,30,31)(H,32,33)(H,34,35)(H,36,37). The number of benzene rings is 1. The van der Waals surface area contributed by atoms with Crippen LogP contribution in [0.4, 0.5) is 0 Å². The smallest absolute Gasteiger partial charge is 0.317 e. The molecule has 1 aromatic rings. The van der Waals surface area contributed by atoms with Gasteiger partial charge in [-0.2, -0.15) is 0 Å². The van der Waals surface area contributed by atoms with E-state index >= 15 is 0 Å². The van der Waals surface area contributed by atoms with Crippen molar-refractivity contribution in [1.29, 1.82) is 0 Å². The van der Waals surface area contributed by atoms with Crippen LogP contribution in [-0.4, -0.2) is 135 Å². The monoisotopic (exact) mass is 537 g/mol. The zero-order valence-electron chi connectivity index (χ0n) is 20.6. The zero-order valence-corrected chi connectivity index (χ0v) is 20.6. The second-order valence-corrected chi connectivity index (χ2v) is 8.31. The second-order valence-electron chi connectivity index (χ2n) is 8.31. The number of hydrogen-bond donors (Lipinski definition) is 5. The van der Waals surface area contributed by atoms with Crippen molar-refractivity contribution in [3.63, 3.8) is 0 Å². The fourth-order valence-electron chi connectivity index (χ4n) is 3.72. The van der Waals surface area contributed by atoms with Gasteiger partial charge < -0.3 is 30.3 Å². The lowest BCUT2D eigenvalue weighted by Gasteiger charge is -2.35. The van der Waals surface area contributed by atoms with Crippen LogP contribution in [0.5, 0.6) is 5.75 Å². The molecular weight excluding hydrogens is 506 g/mol. The van der Waals surface area contributed by atoms with E-state index in [-0.39, 0.29) is 32.7 Å². The molecule has 0 aliphatic carbocycles. The number of carboxylic acids is 5. The number of carbonyl (C=O) groups is 5. The van der Waals surface area contributed by atoms with Crippen LogP contribution in [0.25, 0.3) is 0 Å². The number of ether oxygens (including phenoxy) is 1. The van der Waals surface area contributed by atoms with E-state index in [4.69, 9.17) is 21.4 Å². The van der Waals surface area contributed by atoms with E-state index in [1.54, 1.807) is 24.3 Å². The van der Waals surface area contributed by atoms with Crippen LogP contribution < -0.4 is 4.74 Å². The van der Waals surface area contributed by atoms with Gasteiger partial charge in [-0.05, 0) is 24.1 Å². The maximum absolute atomic E-state index is 11.7. The minimum atomic E-state index is -1.28. The lowest BCUT2D eigenvalue weighted by atomic mass is 10.0. The van der Waals surface area contributed by atoms with Crippen molar-refractivity contribution >= 4 is 29.8 Å². The number of terminal acetylenes is 1. The van der Waals surface area contributed by atoms with Gasteiger partial charge in [0.2, 0.25) is 0 Å². The predicted octanol–water partition coefficient (Wildman–Crippen LogP) is -1.06. The Morgan fingerprint density at radius 3 is 1.66 bits per heavy atom. The highest BCUT2D eigenvalue weighted by molar-refractivity contribution is 5.73. The highest BCUT2D eigenvalue weighted by Crippen LogP contribution is 2.16. The highest BCUT2D eigenvalue weighted by atomic mass is 16.5. The molecule has 0 aliphatic heterocycles.